The Labute approximate surface area is 132 Å². The minimum atomic E-state index is 0.504. The van der Waals surface area contributed by atoms with Gasteiger partial charge in [-0.1, -0.05) is 30.1 Å². The zero-order chi connectivity index (χ0) is 14.5. The van der Waals surface area contributed by atoms with Crippen LogP contribution < -0.4 is 10.6 Å². The quantitative estimate of drug-likeness (QED) is 0.821. The number of rotatable bonds is 6. The molecule has 0 spiro atoms. The van der Waals surface area contributed by atoms with Crippen LogP contribution in [-0.4, -0.2) is 16.5 Å². The summed E-state index contributed by atoms with van der Waals surface area (Å²) in [5.41, 5.74) is 0. The van der Waals surface area contributed by atoms with Gasteiger partial charge in [0, 0.05) is 17.6 Å². The van der Waals surface area contributed by atoms with E-state index in [9.17, 15) is 0 Å². The topological polar surface area (TPSA) is 49.8 Å². The molecule has 0 saturated heterocycles. The second-order valence-corrected chi connectivity index (χ2v) is 6.12. The molecule has 0 atom stereocenters. The van der Waals surface area contributed by atoms with Crippen LogP contribution in [-0.2, 0) is 13.0 Å². The molecule has 0 aliphatic heterocycles. The second-order valence-electron chi connectivity index (χ2n) is 4.11. The Balaban J connectivity index is 2.10. The van der Waals surface area contributed by atoms with E-state index in [1.165, 1.54) is 4.88 Å². The first-order chi connectivity index (χ1) is 9.63. The third-order valence-corrected chi connectivity index (χ3v) is 4.35. The average molecular weight is 331 g/mol. The Bertz CT molecular complexity index is 586. The zero-order valence-electron chi connectivity index (χ0n) is 11.3. The van der Waals surface area contributed by atoms with Crippen LogP contribution in [0, 0.1) is 0 Å². The number of thiazole rings is 1. The SMILES string of the molecule is CCNc1nc(NCc2ncc(CC)s2)c(Cl)cc1Cl. The third-order valence-electron chi connectivity index (χ3n) is 2.63. The summed E-state index contributed by atoms with van der Waals surface area (Å²) < 4.78 is 0. The molecule has 20 heavy (non-hydrogen) atoms. The molecule has 2 N–H and O–H groups in total. The van der Waals surface area contributed by atoms with Crippen molar-refractivity contribution < 1.29 is 0 Å². The van der Waals surface area contributed by atoms with Crippen molar-refractivity contribution in [1.29, 1.82) is 0 Å². The van der Waals surface area contributed by atoms with Gasteiger partial charge in [-0.2, -0.15) is 0 Å². The number of nitrogens with zero attached hydrogens (tertiary/aromatic N) is 2. The molecule has 0 aliphatic rings. The lowest BCUT2D eigenvalue weighted by molar-refractivity contribution is 1.07. The summed E-state index contributed by atoms with van der Waals surface area (Å²) in [6.45, 7) is 5.46. The molecule has 0 bridgehead atoms. The van der Waals surface area contributed by atoms with Crippen molar-refractivity contribution in [1.82, 2.24) is 9.97 Å². The van der Waals surface area contributed by atoms with E-state index in [2.05, 4.69) is 27.5 Å². The summed E-state index contributed by atoms with van der Waals surface area (Å²) in [5.74, 6) is 1.25. The number of anilines is 2. The number of aromatic nitrogens is 2. The lowest BCUT2D eigenvalue weighted by Gasteiger charge is -2.10. The zero-order valence-corrected chi connectivity index (χ0v) is 13.7. The minimum Gasteiger partial charge on any atom is -0.369 e. The van der Waals surface area contributed by atoms with E-state index in [0.29, 0.717) is 28.2 Å². The smallest absolute Gasteiger partial charge is 0.147 e. The molecule has 4 nitrogen and oxygen atoms in total. The van der Waals surface area contributed by atoms with Gasteiger partial charge < -0.3 is 10.6 Å². The summed E-state index contributed by atoms with van der Waals surface area (Å²) in [6.07, 6.45) is 2.91. The summed E-state index contributed by atoms with van der Waals surface area (Å²) in [4.78, 5) is 10.0. The van der Waals surface area contributed by atoms with Crippen LogP contribution >= 0.6 is 34.5 Å². The first kappa shape index (κ1) is 15.4. The Morgan fingerprint density at radius 2 is 1.85 bits per heavy atom. The van der Waals surface area contributed by atoms with Crippen molar-refractivity contribution in [3.63, 3.8) is 0 Å². The van der Waals surface area contributed by atoms with E-state index in [1.807, 2.05) is 13.1 Å². The van der Waals surface area contributed by atoms with Crippen molar-refractivity contribution >= 4 is 46.2 Å². The van der Waals surface area contributed by atoms with Gasteiger partial charge in [0.2, 0.25) is 0 Å². The fourth-order valence-electron chi connectivity index (χ4n) is 1.63. The molecule has 2 aromatic heterocycles. The second kappa shape index (κ2) is 7.11. The van der Waals surface area contributed by atoms with Gasteiger partial charge in [-0.15, -0.1) is 11.3 Å². The molecular weight excluding hydrogens is 315 g/mol. The van der Waals surface area contributed by atoms with Crippen molar-refractivity contribution in [3.8, 4) is 0 Å². The highest BCUT2D eigenvalue weighted by atomic mass is 35.5. The molecule has 7 heteroatoms. The Morgan fingerprint density at radius 3 is 2.45 bits per heavy atom. The normalized spacial score (nSPS) is 10.6. The summed E-state index contributed by atoms with van der Waals surface area (Å²) in [7, 11) is 0. The maximum Gasteiger partial charge on any atom is 0.147 e. The fourth-order valence-corrected chi connectivity index (χ4v) is 2.93. The molecule has 108 valence electrons. The van der Waals surface area contributed by atoms with Crippen LogP contribution in [0.25, 0.3) is 0 Å². The van der Waals surface area contributed by atoms with Crippen LogP contribution in [0.15, 0.2) is 12.3 Å². The van der Waals surface area contributed by atoms with Gasteiger partial charge in [0.25, 0.3) is 0 Å². The summed E-state index contributed by atoms with van der Waals surface area (Å²) >= 11 is 13.9. The van der Waals surface area contributed by atoms with Crippen molar-refractivity contribution in [2.75, 3.05) is 17.2 Å². The summed E-state index contributed by atoms with van der Waals surface area (Å²) in [6, 6.07) is 1.69. The standard InChI is InChI=1S/C13H16Cl2N4S/c1-3-8-6-17-11(20-8)7-18-13-10(15)5-9(14)12(19-13)16-4-2/h5-6H,3-4,7H2,1-2H3,(H2,16,18,19). The van der Waals surface area contributed by atoms with E-state index in [0.717, 1.165) is 18.0 Å². The molecular formula is C13H16Cl2N4S. The molecule has 2 rings (SSSR count). The van der Waals surface area contributed by atoms with Gasteiger partial charge in [-0.3, -0.25) is 0 Å². The molecule has 0 radical (unpaired) electrons. The van der Waals surface area contributed by atoms with Gasteiger partial charge in [0.15, 0.2) is 0 Å². The predicted molar refractivity (Wildman–Crippen MR) is 87.2 cm³/mol. The molecule has 0 fully saturated rings. The molecule has 0 aliphatic carbocycles. The number of aryl methyl sites for hydroxylation is 1. The highest BCUT2D eigenvalue weighted by Gasteiger charge is 2.09. The highest BCUT2D eigenvalue weighted by Crippen LogP contribution is 2.29. The Hall–Kier alpha value is -1.04. The van der Waals surface area contributed by atoms with Crippen LogP contribution in [0.3, 0.4) is 0 Å². The number of pyridine rings is 1. The van der Waals surface area contributed by atoms with E-state index >= 15 is 0 Å². The maximum absolute atomic E-state index is 6.15. The highest BCUT2D eigenvalue weighted by molar-refractivity contribution is 7.11. The molecule has 0 unspecified atom stereocenters. The summed E-state index contributed by atoms with van der Waals surface area (Å²) in [5, 5.41) is 8.33. The Kier molecular flexibility index (Phi) is 5.46. The first-order valence-corrected chi connectivity index (χ1v) is 7.98. The fraction of sp³-hybridized carbons (Fsp3) is 0.385. The van der Waals surface area contributed by atoms with Crippen LogP contribution in [0.4, 0.5) is 11.6 Å². The molecule has 2 heterocycles. The first-order valence-electron chi connectivity index (χ1n) is 6.41. The number of hydrogen-bond donors (Lipinski definition) is 2. The van der Waals surface area contributed by atoms with Crippen molar-refractivity contribution in [2.24, 2.45) is 0 Å². The average Bonchev–Trinajstić information content (AvgIpc) is 2.88. The number of hydrogen-bond acceptors (Lipinski definition) is 5. The van der Waals surface area contributed by atoms with Crippen LogP contribution in [0.1, 0.15) is 23.7 Å². The molecule has 0 amide bonds. The largest absolute Gasteiger partial charge is 0.369 e. The van der Waals surface area contributed by atoms with Gasteiger partial charge in [-0.25, -0.2) is 9.97 Å². The van der Waals surface area contributed by atoms with Gasteiger partial charge in [-0.05, 0) is 19.4 Å². The monoisotopic (exact) mass is 330 g/mol. The Morgan fingerprint density at radius 1 is 1.15 bits per heavy atom. The van der Waals surface area contributed by atoms with E-state index in [-0.39, 0.29) is 0 Å². The minimum absolute atomic E-state index is 0.504. The van der Waals surface area contributed by atoms with E-state index in [1.54, 1.807) is 17.4 Å². The van der Waals surface area contributed by atoms with Crippen LogP contribution in [0.5, 0.6) is 0 Å². The number of halogens is 2. The molecule has 0 saturated carbocycles. The van der Waals surface area contributed by atoms with E-state index in [4.69, 9.17) is 23.2 Å². The predicted octanol–water partition coefficient (Wildman–Crippen LogP) is 4.45. The van der Waals surface area contributed by atoms with Crippen LogP contribution in [0.2, 0.25) is 10.0 Å². The lowest BCUT2D eigenvalue weighted by Crippen LogP contribution is -2.05. The van der Waals surface area contributed by atoms with Gasteiger partial charge in [0.05, 0.1) is 16.6 Å². The van der Waals surface area contributed by atoms with Gasteiger partial charge in [0.1, 0.15) is 16.6 Å². The van der Waals surface area contributed by atoms with E-state index < -0.39 is 0 Å². The maximum atomic E-state index is 6.15. The lowest BCUT2D eigenvalue weighted by atomic mass is 10.4. The molecule has 2 aromatic rings. The van der Waals surface area contributed by atoms with Crippen molar-refractivity contribution in [3.05, 3.63) is 32.2 Å². The van der Waals surface area contributed by atoms with Gasteiger partial charge >= 0.3 is 0 Å². The number of nitrogens with one attached hydrogen (secondary N) is 2. The third kappa shape index (κ3) is 3.75. The molecule has 0 aromatic carbocycles. The van der Waals surface area contributed by atoms with Crippen molar-refractivity contribution in [2.45, 2.75) is 26.8 Å².